The number of nitrogens with two attached hydrogens (primary N) is 1. The number of rotatable bonds is 2. The molecule has 72 valence electrons. The van der Waals surface area contributed by atoms with Gasteiger partial charge in [-0.3, -0.25) is 4.79 Å². The highest BCUT2D eigenvalue weighted by atomic mass is 16.5. The molecule has 0 aliphatic carbocycles. The van der Waals surface area contributed by atoms with Gasteiger partial charge in [0.05, 0.1) is 13.3 Å². The highest BCUT2D eigenvalue weighted by molar-refractivity contribution is 5.78. The van der Waals surface area contributed by atoms with E-state index in [1.165, 1.54) is 13.3 Å². The Morgan fingerprint density at radius 1 is 1.62 bits per heavy atom. The van der Waals surface area contributed by atoms with Crippen molar-refractivity contribution in [2.45, 2.75) is 0 Å². The van der Waals surface area contributed by atoms with Crippen molar-refractivity contribution in [3.63, 3.8) is 0 Å². The van der Waals surface area contributed by atoms with Crippen LogP contribution in [0.4, 0.5) is 5.82 Å². The van der Waals surface area contributed by atoms with E-state index in [0.29, 0.717) is 12.2 Å². The fraction of sp³-hybridized carbons (Fsp3) is 0.286. The minimum Gasteiger partial charge on any atom is -0.480 e. The highest BCUT2D eigenvalue weighted by Gasteiger charge is 2.01. The number of hydrogen-bond acceptors (Lipinski definition) is 6. The zero-order valence-corrected chi connectivity index (χ0v) is 7.39. The number of aromatic nitrogens is 2. The van der Waals surface area contributed by atoms with Gasteiger partial charge in [-0.05, 0) is 0 Å². The summed E-state index contributed by atoms with van der Waals surface area (Å²) in [6.45, 7) is 0. The monoisotopic (exact) mass is 185 g/mol. The Labute approximate surface area is 75.4 Å². The summed E-state index contributed by atoms with van der Waals surface area (Å²) < 4.78 is 4.72. The number of carbonyl (C=O) groups is 1. The number of aldehydes is 1. The molecule has 1 rings (SSSR count). The molecule has 0 fully saturated rings. The van der Waals surface area contributed by atoms with Gasteiger partial charge in [0.25, 0.3) is 0 Å². The van der Waals surface area contributed by atoms with Gasteiger partial charge in [0.2, 0.25) is 5.88 Å². The molecule has 0 saturated heterocycles. The van der Waals surface area contributed by atoms with Gasteiger partial charge in [0, 0.05) is 7.11 Å². The molecular formula is C7H11N3O3. The van der Waals surface area contributed by atoms with E-state index in [0.717, 1.165) is 7.11 Å². The second-order valence-corrected chi connectivity index (χ2v) is 1.80. The summed E-state index contributed by atoms with van der Waals surface area (Å²) in [5, 5.41) is 7.00. The van der Waals surface area contributed by atoms with Gasteiger partial charge in [0.1, 0.15) is 5.69 Å². The maximum absolute atomic E-state index is 10.2. The summed E-state index contributed by atoms with van der Waals surface area (Å²) in [6, 6.07) is 0. The van der Waals surface area contributed by atoms with Crippen LogP contribution in [0.5, 0.6) is 5.88 Å². The summed E-state index contributed by atoms with van der Waals surface area (Å²) in [5.74, 6) is 0.382. The molecule has 6 heteroatoms. The van der Waals surface area contributed by atoms with Crippen molar-refractivity contribution in [1.82, 2.24) is 9.97 Å². The van der Waals surface area contributed by atoms with Gasteiger partial charge in [-0.25, -0.2) is 4.98 Å². The molecule has 1 heterocycles. The third kappa shape index (κ3) is 3.04. The van der Waals surface area contributed by atoms with Crippen LogP contribution in [-0.4, -0.2) is 35.6 Å². The van der Waals surface area contributed by atoms with E-state index in [4.69, 9.17) is 15.6 Å². The van der Waals surface area contributed by atoms with Crippen LogP contribution >= 0.6 is 0 Å². The molecule has 0 unspecified atom stereocenters. The number of ether oxygens (including phenoxy) is 1. The molecular weight excluding hydrogens is 174 g/mol. The molecule has 6 nitrogen and oxygen atoms in total. The lowest BCUT2D eigenvalue weighted by Crippen LogP contribution is -2.01. The Hall–Kier alpha value is -1.69. The van der Waals surface area contributed by atoms with Crippen molar-refractivity contribution in [3.8, 4) is 5.88 Å². The average Bonchev–Trinajstić information content (AvgIpc) is 2.20. The van der Waals surface area contributed by atoms with E-state index >= 15 is 0 Å². The summed E-state index contributed by atoms with van der Waals surface area (Å²) in [7, 11) is 2.45. The molecule has 1 aromatic heterocycles. The molecule has 0 saturated carbocycles. The maximum atomic E-state index is 10.2. The molecule has 0 spiro atoms. The summed E-state index contributed by atoms with van der Waals surface area (Å²) >= 11 is 0. The number of aliphatic hydroxyl groups is 1. The van der Waals surface area contributed by atoms with Crippen molar-refractivity contribution in [2.24, 2.45) is 0 Å². The lowest BCUT2D eigenvalue weighted by atomic mass is 10.4. The predicted octanol–water partition coefficient (Wildman–Crippen LogP) is -0.512. The van der Waals surface area contributed by atoms with E-state index in [1.807, 2.05) is 0 Å². The topological polar surface area (TPSA) is 98.3 Å². The van der Waals surface area contributed by atoms with Gasteiger partial charge in [0.15, 0.2) is 12.1 Å². The molecule has 13 heavy (non-hydrogen) atoms. The van der Waals surface area contributed by atoms with Gasteiger partial charge < -0.3 is 15.6 Å². The van der Waals surface area contributed by atoms with Gasteiger partial charge in [-0.15, -0.1) is 0 Å². The van der Waals surface area contributed by atoms with Gasteiger partial charge >= 0.3 is 0 Å². The molecule has 0 aliphatic heterocycles. The lowest BCUT2D eigenvalue weighted by molar-refractivity contribution is 0.111. The van der Waals surface area contributed by atoms with Crippen LogP contribution in [0.15, 0.2) is 6.20 Å². The van der Waals surface area contributed by atoms with E-state index in [1.54, 1.807) is 0 Å². The van der Waals surface area contributed by atoms with E-state index in [-0.39, 0.29) is 11.5 Å². The number of aliphatic hydroxyl groups excluding tert-OH is 1. The van der Waals surface area contributed by atoms with E-state index in [9.17, 15) is 4.79 Å². The second kappa shape index (κ2) is 5.90. The summed E-state index contributed by atoms with van der Waals surface area (Å²) in [5.41, 5.74) is 5.45. The van der Waals surface area contributed by atoms with Crippen LogP contribution < -0.4 is 10.5 Å². The Bertz CT molecular complexity index is 278. The zero-order valence-electron chi connectivity index (χ0n) is 7.39. The Morgan fingerprint density at radius 3 is 2.62 bits per heavy atom. The molecule has 0 aliphatic rings. The minimum atomic E-state index is 0.0827. The van der Waals surface area contributed by atoms with Crippen molar-refractivity contribution in [2.75, 3.05) is 20.0 Å². The quantitative estimate of drug-likeness (QED) is 0.602. The lowest BCUT2D eigenvalue weighted by Gasteiger charge is -1.99. The average molecular weight is 185 g/mol. The Kier molecular flexibility index (Phi) is 5.13. The number of hydrogen-bond donors (Lipinski definition) is 2. The first-order valence-corrected chi connectivity index (χ1v) is 3.34. The van der Waals surface area contributed by atoms with Crippen molar-refractivity contribution >= 4 is 12.1 Å². The third-order valence-corrected chi connectivity index (χ3v) is 1.13. The number of methoxy groups -OCH3 is 1. The smallest absolute Gasteiger partial charge is 0.234 e. The molecule has 0 bridgehead atoms. The van der Waals surface area contributed by atoms with Crippen LogP contribution in [0.2, 0.25) is 0 Å². The standard InChI is InChI=1S/C6H7N3O2.CH4O/c1-11-5-2-8-4(3-10)6(7)9-5;1-2/h2-3H,1H3,(H2,7,9);2H,1H3. The SMILES string of the molecule is CO.COc1cnc(C=O)c(N)n1. The first kappa shape index (κ1) is 11.3. The van der Waals surface area contributed by atoms with Crippen LogP contribution in [0.3, 0.4) is 0 Å². The van der Waals surface area contributed by atoms with Crippen molar-refractivity contribution < 1.29 is 14.6 Å². The Balaban J connectivity index is 0.000000671. The second-order valence-electron chi connectivity index (χ2n) is 1.80. The predicted molar refractivity (Wildman–Crippen MR) is 46.5 cm³/mol. The van der Waals surface area contributed by atoms with Crippen LogP contribution in [0, 0.1) is 0 Å². The van der Waals surface area contributed by atoms with E-state index in [2.05, 4.69) is 9.97 Å². The fourth-order valence-corrected chi connectivity index (χ4v) is 0.585. The molecule has 1 aromatic rings. The van der Waals surface area contributed by atoms with Crippen LogP contribution in [0.1, 0.15) is 10.5 Å². The maximum Gasteiger partial charge on any atom is 0.234 e. The summed E-state index contributed by atoms with van der Waals surface area (Å²) in [4.78, 5) is 17.6. The van der Waals surface area contributed by atoms with Gasteiger partial charge in [-0.1, -0.05) is 0 Å². The molecule has 3 N–H and O–H groups in total. The van der Waals surface area contributed by atoms with Crippen LogP contribution in [0.25, 0.3) is 0 Å². The van der Waals surface area contributed by atoms with Crippen molar-refractivity contribution in [3.05, 3.63) is 11.9 Å². The van der Waals surface area contributed by atoms with Gasteiger partial charge in [-0.2, -0.15) is 4.98 Å². The van der Waals surface area contributed by atoms with E-state index < -0.39 is 0 Å². The largest absolute Gasteiger partial charge is 0.480 e. The number of nitrogens with zero attached hydrogens (tertiary/aromatic N) is 2. The summed E-state index contributed by atoms with van der Waals surface area (Å²) in [6.07, 6.45) is 1.88. The molecule has 0 aromatic carbocycles. The first-order valence-electron chi connectivity index (χ1n) is 3.34. The number of anilines is 1. The minimum absolute atomic E-state index is 0.0827. The first-order chi connectivity index (χ1) is 6.27. The zero-order chi connectivity index (χ0) is 10.3. The number of carbonyl (C=O) groups excluding carboxylic acids is 1. The van der Waals surface area contributed by atoms with Crippen molar-refractivity contribution in [1.29, 1.82) is 0 Å². The molecule has 0 atom stereocenters. The third-order valence-electron chi connectivity index (χ3n) is 1.13. The Morgan fingerprint density at radius 2 is 2.23 bits per heavy atom. The molecule has 0 radical (unpaired) electrons. The molecule has 0 amide bonds. The highest BCUT2D eigenvalue weighted by Crippen LogP contribution is 2.08. The normalized spacial score (nSPS) is 8.23. The number of nitrogen functional groups attached to an aromatic ring is 1. The fourth-order valence-electron chi connectivity index (χ4n) is 0.585. The van der Waals surface area contributed by atoms with Crippen LogP contribution in [-0.2, 0) is 0 Å².